The lowest BCUT2D eigenvalue weighted by Gasteiger charge is -2.33. The average molecular weight is 467 g/mol. The summed E-state index contributed by atoms with van der Waals surface area (Å²) < 4.78 is 39.4. The molecule has 1 atom stereocenters. The van der Waals surface area contributed by atoms with Gasteiger partial charge in [0.1, 0.15) is 18.5 Å². The highest BCUT2D eigenvalue weighted by Gasteiger charge is 2.26. The molecule has 33 heavy (non-hydrogen) atoms. The van der Waals surface area contributed by atoms with Crippen molar-refractivity contribution in [3.05, 3.63) is 83.7 Å². The molecule has 0 radical (unpaired) electrons. The molecule has 5 rings (SSSR count). The summed E-state index contributed by atoms with van der Waals surface area (Å²) in [5, 5.41) is 0. The summed E-state index contributed by atoms with van der Waals surface area (Å²) in [4.78, 5) is 14.4. The number of nitrogens with zero attached hydrogens (tertiary/aromatic N) is 2. The van der Waals surface area contributed by atoms with Crippen LogP contribution in [0.15, 0.2) is 71.8 Å². The second-order valence-electron chi connectivity index (χ2n) is 8.36. The number of hydrogen-bond donors (Lipinski definition) is 0. The number of rotatable bonds is 7. The third kappa shape index (κ3) is 4.46. The molecular weight excluding hydrogens is 440 g/mol. The third-order valence-corrected chi connectivity index (χ3v) is 7.90. The van der Waals surface area contributed by atoms with Gasteiger partial charge in [-0.1, -0.05) is 30.3 Å². The molecule has 0 N–H and O–H groups in total. The van der Waals surface area contributed by atoms with Crippen molar-refractivity contribution in [3.63, 3.8) is 0 Å². The van der Waals surface area contributed by atoms with Crippen LogP contribution < -0.4 is 4.74 Å². The highest BCUT2D eigenvalue weighted by atomic mass is 32.2. The van der Waals surface area contributed by atoms with Crippen molar-refractivity contribution in [3.8, 4) is 5.75 Å². The summed E-state index contributed by atoms with van der Waals surface area (Å²) in [6.45, 7) is 2.76. The number of benzene rings is 2. The zero-order valence-corrected chi connectivity index (χ0v) is 19.0. The van der Waals surface area contributed by atoms with Crippen LogP contribution in [0.4, 0.5) is 0 Å². The fraction of sp³-hybridized carbons (Fsp3) is 0.320. The molecule has 1 aliphatic heterocycles. The number of fused-ring (bicyclic) bond motifs is 1. The maximum atomic E-state index is 13.1. The summed E-state index contributed by atoms with van der Waals surface area (Å²) in [6, 6.07) is 17.7. The molecule has 0 amide bonds. The lowest BCUT2D eigenvalue weighted by atomic mass is 10.1. The monoisotopic (exact) mass is 466 g/mol. The van der Waals surface area contributed by atoms with Gasteiger partial charge in [0, 0.05) is 49.1 Å². The molecule has 1 unspecified atom stereocenters. The van der Waals surface area contributed by atoms with Crippen LogP contribution in [-0.2, 0) is 27.7 Å². The van der Waals surface area contributed by atoms with E-state index in [9.17, 15) is 13.2 Å². The van der Waals surface area contributed by atoms with Crippen LogP contribution in [0.5, 0.6) is 5.75 Å². The summed E-state index contributed by atoms with van der Waals surface area (Å²) in [6.07, 6.45) is 2.71. The SMILES string of the molecule is O=C1CCc2c(OCC3CN(Cc4cccn4S(=O)(=O)c4ccccc4)CCO3)cccc21. The molecule has 8 heteroatoms. The van der Waals surface area contributed by atoms with Crippen LogP contribution in [0.25, 0.3) is 0 Å². The number of ether oxygens (including phenoxy) is 2. The standard InChI is InChI=1S/C25H26N2O5S/c28-24-12-11-23-22(24)9-4-10-25(23)32-18-20-17-26(14-15-31-20)16-19-6-5-13-27(19)33(29,30)21-7-2-1-3-8-21/h1-10,13,20H,11-12,14-18H2. The van der Waals surface area contributed by atoms with Gasteiger partial charge in [-0.05, 0) is 36.8 Å². The summed E-state index contributed by atoms with van der Waals surface area (Å²) in [7, 11) is -3.64. The molecule has 2 heterocycles. The summed E-state index contributed by atoms with van der Waals surface area (Å²) >= 11 is 0. The van der Waals surface area contributed by atoms with Gasteiger partial charge in [-0.3, -0.25) is 9.69 Å². The molecule has 2 aromatic carbocycles. The van der Waals surface area contributed by atoms with E-state index >= 15 is 0 Å². The van der Waals surface area contributed by atoms with Crippen molar-refractivity contribution in [2.45, 2.75) is 30.4 Å². The normalized spacial score (nSPS) is 18.9. The molecule has 172 valence electrons. The number of carbonyl (C=O) groups excluding carboxylic acids is 1. The lowest BCUT2D eigenvalue weighted by Crippen LogP contribution is -2.44. The first-order valence-corrected chi connectivity index (χ1v) is 12.5. The number of morpholine rings is 1. The minimum Gasteiger partial charge on any atom is -0.491 e. The average Bonchev–Trinajstić information content (AvgIpc) is 3.46. The predicted octanol–water partition coefficient (Wildman–Crippen LogP) is 3.13. The minimum absolute atomic E-state index is 0.138. The van der Waals surface area contributed by atoms with E-state index in [1.54, 1.807) is 42.6 Å². The largest absolute Gasteiger partial charge is 0.491 e. The Kier molecular flexibility index (Phi) is 6.05. The molecule has 1 fully saturated rings. The number of Topliss-reactive ketones (excluding diaryl/α,β-unsaturated/α-hetero) is 1. The zero-order chi connectivity index (χ0) is 22.8. The van der Waals surface area contributed by atoms with E-state index in [0.29, 0.717) is 45.0 Å². The Hall–Kier alpha value is -2.94. The van der Waals surface area contributed by atoms with E-state index < -0.39 is 10.0 Å². The predicted molar refractivity (Wildman–Crippen MR) is 123 cm³/mol. The van der Waals surface area contributed by atoms with Crippen LogP contribution in [0.3, 0.4) is 0 Å². The topological polar surface area (TPSA) is 77.8 Å². The first kappa shape index (κ1) is 21.9. The molecule has 1 aliphatic carbocycles. The maximum Gasteiger partial charge on any atom is 0.267 e. The molecule has 1 aromatic heterocycles. The fourth-order valence-corrected chi connectivity index (χ4v) is 5.88. The number of aromatic nitrogens is 1. The Morgan fingerprint density at radius 3 is 2.70 bits per heavy atom. The van der Waals surface area contributed by atoms with E-state index in [1.165, 1.54) is 3.97 Å². The summed E-state index contributed by atoms with van der Waals surface area (Å²) in [5.74, 6) is 0.922. The van der Waals surface area contributed by atoms with Gasteiger partial charge in [-0.25, -0.2) is 12.4 Å². The van der Waals surface area contributed by atoms with E-state index in [-0.39, 0.29) is 16.8 Å². The van der Waals surface area contributed by atoms with Gasteiger partial charge in [-0.2, -0.15) is 0 Å². The molecule has 0 saturated carbocycles. The highest BCUT2D eigenvalue weighted by molar-refractivity contribution is 7.90. The number of carbonyl (C=O) groups is 1. The third-order valence-electron chi connectivity index (χ3n) is 6.16. The van der Waals surface area contributed by atoms with Gasteiger partial charge in [-0.15, -0.1) is 0 Å². The van der Waals surface area contributed by atoms with Crippen molar-refractivity contribution in [2.75, 3.05) is 26.3 Å². The quantitative estimate of drug-likeness (QED) is 0.533. The zero-order valence-electron chi connectivity index (χ0n) is 18.2. The Morgan fingerprint density at radius 1 is 1.00 bits per heavy atom. The molecule has 7 nitrogen and oxygen atoms in total. The molecular formula is C25H26N2O5S. The summed E-state index contributed by atoms with van der Waals surface area (Å²) in [5.41, 5.74) is 2.46. The van der Waals surface area contributed by atoms with Crippen molar-refractivity contribution in [2.24, 2.45) is 0 Å². The van der Waals surface area contributed by atoms with Crippen molar-refractivity contribution < 1.29 is 22.7 Å². The molecule has 0 spiro atoms. The van der Waals surface area contributed by atoms with E-state index in [4.69, 9.17) is 9.47 Å². The second kappa shape index (κ2) is 9.13. The van der Waals surface area contributed by atoms with E-state index in [2.05, 4.69) is 4.90 Å². The Bertz CT molecular complexity index is 1250. The van der Waals surface area contributed by atoms with Gasteiger partial charge in [0.15, 0.2) is 5.78 Å². The number of ketones is 1. The smallest absolute Gasteiger partial charge is 0.267 e. The first-order valence-electron chi connectivity index (χ1n) is 11.1. The Labute approximate surface area is 193 Å². The molecule has 0 bridgehead atoms. The van der Waals surface area contributed by atoms with Crippen molar-refractivity contribution >= 4 is 15.8 Å². The first-order chi connectivity index (χ1) is 16.0. The minimum atomic E-state index is -3.64. The second-order valence-corrected chi connectivity index (χ2v) is 10.2. The van der Waals surface area contributed by atoms with Crippen LogP contribution in [-0.4, -0.2) is 55.5 Å². The number of hydrogen-bond acceptors (Lipinski definition) is 6. The highest BCUT2D eigenvalue weighted by Crippen LogP contribution is 2.30. The molecule has 3 aromatic rings. The van der Waals surface area contributed by atoms with Gasteiger partial charge >= 0.3 is 0 Å². The Morgan fingerprint density at radius 2 is 1.85 bits per heavy atom. The van der Waals surface area contributed by atoms with Crippen LogP contribution in [0, 0.1) is 0 Å². The maximum absolute atomic E-state index is 13.1. The van der Waals surface area contributed by atoms with Gasteiger partial charge < -0.3 is 9.47 Å². The molecule has 1 saturated heterocycles. The van der Waals surface area contributed by atoms with Crippen molar-refractivity contribution in [1.29, 1.82) is 0 Å². The van der Waals surface area contributed by atoms with E-state index in [1.807, 2.05) is 24.3 Å². The lowest BCUT2D eigenvalue weighted by molar-refractivity contribution is -0.0508. The van der Waals surface area contributed by atoms with Crippen molar-refractivity contribution in [1.82, 2.24) is 8.87 Å². The van der Waals surface area contributed by atoms with Crippen LogP contribution in [0.2, 0.25) is 0 Å². The fourth-order valence-electron chi connectivity index (χ4n) is 4.49. The van der Waals surface area contributed by atoms with Gasteiger partial charge in [0.05, 0.1) is 11.5 Å². The Balaban J connectivity index is 1.24. The van der Waals surface area contributed by atoms with Gasteiger partial charge in [0.2, 0.25) is 0 Å². The van der Waals surface area contributed by atoms with Crippen LogP contribution in [0.1, 0.15) is 28.0 Å². The molecule has 2 aliphatic rings. The van der Waals surface area contributed by atoms with E-state index in [0.717, 1.165) is 23.3 Å². The van der Waals surface area contributed by atoms with Crippen LogP contribution >= 0.6 is 0 Å². The van der Waals surface area contributed by atoms with Gasteiger partial charge in [0.25, 0.3) is 10.0 Å².